The van der Waals surface area contributed by atoms with Gasteiger partial charge in [-0.2, -0.15) is 23.1 Å². The molecule has 1 aromatic carbocycles. The van der Waals surface area contributed by atoms with E-state index in [1.807, 2.05) is 0 Å². The van der Waals surface area contributed by atoms with Gasteiger partial charge in [0.15, 0.2) is 5.82 Å². The van der Waals surface area contributed by atoms with Crippen molar-refractivity contribution in [2.75, 3.05) is 25.1 Å². The van der Waals surface area contributed by atoms with Crippen molar-refractivity contribution in [3.05, 3.63) is 46.1 Å². The van der Waals surface area contributed by atoms with E-state index < -0.39 is 34.7 Å². The molecule has 1 N–H and O–H groups in total. The molecule has 1 aliphatic heterocycles. The summed E-state index contributed by atoms with van der Waals surface area (Å²) in [6.07, 6.45) is -2.41. The number of piperidine rings is 1. The summed E-state index contributed by atoms with van der Waals surface area (Å²) in [7, 11) is 1.27. The molecule has 3 aromatic rings. The molecule has 0 saturated carbocycles. The number of phenols is 1. The third kappa shape index (κ3) is 3.64. The number of alkyl halides is 3. The van der Waals surface area contributed by atoms with E-state index in [0.717, 1.165) is 37.5 Å². The molecule has 11 heteroatoms. The predicted octanol–water partition coefficient (Wildman–Crippen LogP) is 3.64. The number of anilines is 1. The first-order valence-electron chi connectivity index (χ1n) is 9.54. The van der Waals surface area contributed by atoms with Gasteiger partial charge in [-0.25, -0.2) is 4.39 Å². The molecular formula is C20H18F4N4O3. The Bertz CT molecular complexity index is 1180. The zero-order valence-corrected chi connectivity index (χ0v) is 16.4. The number of fused-ring (bicyclic) bond motifs is 1. The van der Waals surface area contributed by atoms with E-state index in [0.29, 0.717) is 19.2 Å². The van der Waals surface area contributed by atoms with E-state index in [2.05, 4.69) is 9.97 Å². The Hall–Kier alpha value is -3.37. The number of nitrogens with zero attached hydrogens (tertiary/aromatic N) is 4. The average Bonchev–Trinajstić information content (AvgIpc) is 2.74. The normalized spacial score (nSPS) is 14.8. The number of ether oxygens (including phenoxy) is 1. The molecule has 1 saturated heterocycles. The van der Waals surface area contributed by atoms with Gasteiger partial charge in [-0.15, -0.1) is 0 Å². The quantitative estimate of drug-likeness (QED) is 0.629. The standard InChI is InChI=1S/C20H18F4N4O3/c1-31-19-25-15-11(17(26-19)27-8-3-2-4-9-27)10-14(20(22,23)24)28(18(15)30)16-12(21)6-5-7-13(16)29/h5-7,10,29H,2-4,8-9H2,1H3. The van der Waals surface area contributed by atoms with Crippen molar-refractivity contribution < 1.29 is 27.4 Å². The second-order valence-corrected chi connectivity index (χ2v) is 7.12. The zero-order valence-electron chi connectivity index (χ0n) is 16.4. The molecule has 4 rings (SSSR count). The Morgan fingerprint density at radius 1 is 1.13 bits per heavy atom. The van der Waals surface area contributed by atoms with Crippen molar-refractivity contribution >= 4 is 16.7 Å². The maximum atomic E-state index is 14.4. The maximum Gasteiger partial charge on any atom is 0.431 e. The third-order valence-corrected chi connectivity index (χ3v) is 5.15. The van der Waals surface area contributed by atoms with Crippen molar-refractivity contribution in [1.82, 2.24) is 14.5 Å². The minimum atomic E-state index is -5.03. The summed E-state index contributed by atoms with van der Waals surface area (Å²) in [5.74, 6) is -1.86. The fourth-order valence-corrected chi connectivity index (χ4v) is 3.74. The van der Waals surface area contributed by atoms with E-state index in [1.165, 1.54) is 7.11 Å². The average molecular weight is 438 g/mol. The van der Waals surface area contributed by atoms with E-state index in [-0.39, 0.29) is 27.3 Å². The number of halogens is 4. The van der Waals surface area contributed by atoms with Gasteiger partial charge in [-0.05, 0) is 37.5 Å². The summed E-state index contributed by atoms with van der Waals surface area (Å²) in [5.41, 5.74) is -3.97. The van der Waals surface area contributed by atoms with E-state index in [4.69, 9.17) is 4.74 Å². The predicted molar refractivity (Wildman–Crippen MR) is 104 cm³/mol. The van der Waals surface area contributed by atoms with Crippen molar-refractivity contribution in [3.8, 4) is 17.4 Å². The van der Waals surface area contributed by atoms with Crippen molar-refractivity contribution in [3.63, 3.8) is 0 Å². The SMILES string of the molecule is COc1nc(N2CCCCC2)c2cc(C(F)(F)F)n(-c3c(O)cccc3F)c(=O)c2n1. The van der Waals surface area contributed by atoms with Crippen LogP contribution in [0.15, 0.2) is 29.1 Å². The monoisotopic (exact) mass is 438 g/mol. The van der Waals surface area contributed by atoms with Gasteiger partial charge in [0.05, 0.1) is 12.5 Å². The van der Waals surface area contributed by atoms with E-state index >= 15 is 0 Å². The molecule has 1 aliphatic rings. The minimum Gasteiger partial charge on any atom is -0.506 e. The second kappa shape index (κ2) is 7.71. The van der Waals surface area contributed by atoms with Crippen LogP contribution in [0.25, 0.3) is 16.6 Å². The molecule has 0 radical (unpaired) electrons. The molecule has 1 fully saturated rings. The van der Waals surface area contributed by atoms with Crippen molar-refractivity contribution in [2.24, 2.45) is 0 Å². The van der Waals surface area contributed by atoms with Gasteiger partial charge < -0.3 is 14.7 Å². The van der Waals surface area contributed by atoms with Crippen LogP contribution < -0.4 is 15.2 Å². The molecule has 0 amide bonds. The highest BCUT2D eigenvalue weighted by Gasteiger charge is 2.38. The number of phenolic OH excluding ortho intramolecular Hbond substituents is 1. The minimum absolute atomic E-state index is 0.0967. The first-order valence-corrected chi connectivity index (χ1v) is 9.54. The van der Waals surface area contributed by atoms with Crippen molar-refractivity contribution in [1.29, 1.82) is 0 Å². The molecule has 2 aromatic heterocycles. The van der Waals surface area contributed by atoms with Crippen LogP contribution in [0.3, 0.4) is 0 Å². The smallest absolute Gasteiger partial charge is 0.431 e. The number of rotatable bonds is 3. The van der Waals surface area contributed by atoms with Gasteiger partial charge in [-0.1, -0.05) is 6.07 Å². The van der Waals surface area contributed by atoms with Crippen LogP contribution in [0.2, 0.25) is 0 Å². The van der Waals surface area contributed by atoms with Gasteiger partial charge in [0.1, 0.15) is 28.5 Å². The Morgan fingerprint density at radius 3 is 2.45 bits per heavy atom. The molecule has 0 aliphatic carbocycles. The highest BCUT2D eigenvalue weighted by atomic mass is 19.4. The largest absolute Gasteiger partial charge is 0.506 e. The maximum absolute atomic E-state index is 14.4. The lowest BCUT2D eigenvalue weighted by Gasteiger charge is -2.29. The first-order chi connectivity index (χ1) is 14.7. The molecular weight excluding hydrogens is 420 g/mol. The number of hydrogen-bond donors (Lipinski definition) is 1. The van der Waals surface area contributed by atoms with Crippen molar-refractivity contribution in [2.45, 2.75) is 25.4 Å². The number of methoxy groups -OCH3 is 1. The Balaban J connectivity index is 2.13. The summed E-state index contributed by atoms with van der Waals surface area (Å²) < 4.78 is 61.5. The summed E-state index contributed by atoms with van der Waals surface area (Å²) in [4.78, 5) is 23.2. The fraction of sp³-hybridized carbons (Fsp3) is 0.350. The van der Waals surface area contributed by atoms with Crippen LogP contribution >= 0.6 is 0 Å². The summed E-state index contributed by atoms with van der Waals surface area (Å²) in [6, 6.07) is 3.48. The van der Waals surface area contributed by atoms with Crippen LogP contribution in [-0.4, -0.2) is 39.8 Å². The van der Waals surface area contributed by atoms with Gasteiger partial charge in [-0.3, -0.25) is 9.36 Å². The van der Waals surface area contributed by atoms with Crippen LogP contribution in [0, 0.1) is 5.82 Å². The molecule has 7 nitrogen and oxygen atoms in total. The summed E-state index contributed by atoms with van der Waals surface area (Å²) in [5, 5.41) is 9.94. The van der Waals surface area contributed by atoms with E-state index in [1.54, 1.807) is 4.90 Å². The molecule has 0 atom stereocenters. The molecule has 3 heterocycles. The van der Waals surface area contributed by atoms with Gasteiger partial charge in [0.2, 0.25) is 0 Å². The molecule has 31 heavy (non-hydrogen) atoms. The lowest BCUT2D eigenvalue weighted by atomic mass is 10.1. The van der Waals surface area contributed by atoms with Gasteiger partial charge >= 0.3 is 12.2 Å². The molecule has 164 valence electrons. The zero-order chi connectivity index (χ0) is 22.3. The molecule has 0 spiro atoms. The number of aromatic nitrogens is 3. The summed E-state index contributed by atoms with van der Waals surface area (Å²) in [6.45, 7) is 1.10. The van der Waals surface area contributed by atoms with Crippen LogP contribution in [-0.2, 0) is 6.18 Å². The Kier molecular flexibility index (Phi) is 5.19. The molecule has 0 bridgehead atoms. The van der Waals surface area contributed by atoms with Crippen LogP contribution in [0.1, 0.15) is 25.0 Å². The second-order valence-electron chi connectivity index (χ2n) is 7.12. The third-order valence-electron chi connectivity index (χ3n) is 5.15. The number of pyridine rings is 1. The topological polar surface area (TPSA) is 80.5 Å². The number of hydrogen-bond acceptors (Lipinski definition) is 6. The number of aromatic hydroxyl groups is 1. The number of para-hydroxylation sites is 1. The Morgan fingerprint density at radius 2 is 1.84 bits per heavy atom. The van der Waals surface area contributed by atoms with Gasteiger partial charge in [0, 0.05) is 13.1 Å². The lowest BCUT2D eigenvalue weighted by molar-refractivity contribution is -0.142. The van der Waals surface area contributed by atoms with Gasteiger partial charge in [0.25, 0.3) is 5.56 Å². The lowest BCUT2D eigenvalue weighted by Crippen LogP contribution is -2.32. The van der Waals surface area contributed by atoms with Crippen LogP contribution in [0.4, 0.5) is 23.4 Å². The summed E-state index contributed by atoms with van der Waals surface area (Å²) >= 11 is 0. The molecule has 0 unspecified atom stereocenters. The number of benzene rings is 1. The highest BCUT2D eigenvalue weighted by molar-refractivity contribution is 5.90. The first kappa shape index (κ1) is 20.9. The highest BCUT2D eigenvalue weighted by Crippen LogP contribution is 2.37. The van der Waals surface area contributed by atoms with Crippen LogP contribution in [0.5, 0.6) is 11.8 Å². The Labute approximate surface area is 173 Å². The fourth-order valence-electron chi connectivity index (χ4n) is 3.74. The van der Waals surface area contributed by atoms with E-state index in [9.17, 15) is 27.5 Å².